The summed E-state index contributed by atoms with van der Waals surface area (Å²) in [6, 6.07) is 17.5. The van der Waals surface area contributed by atoms with Crippen molar-refractivity contribution >= 4 is 17.0 Å². The quantitative estimate of drug-likeness (QED) is 0.390. The molecular formula is C25H28N4O2. The summed E-state index contributed by atoms with van der Waals surface area (Å²) in [4.78, 5) is 20.1. The summed E-state index contributed by atoms with van der Waals surface area (Å²) in [7, 11) is 1.92. The number of nitrogens with zero attached hydrogens (tertiary/aromatic N) is 2. The summed E-state index contributed by atoms with van der Waals surface area (Å²) in [6.45, 7) is 6.41. The normalized spacial score (nSPS) is 13.8. The summed E-state index contributed by atoms with van der Waals surface area (Å²) >= 11 is 0. The smallest absolute Gasteiger partial charge is 0.405 e. The van der Waals surface area contributed by atoms with Crippen LogP contribution in [0.15, 0.2) is 67.0 Å². The molecule has 0 radical (unpaired) electrons. The fraction of sp³-hybridized carbons (Fsp3) is 0.280. The number of imidazole rings is 1. The number of benzene rings is 2. The van der Waals surface area contributed by atoms with E-state index in [0.717, 1.165) is 27.7 Å². The number of H-pyrrole nitrogens is 1. The van der Waals surface area contributed by atoms with Gasteiger partial charge in [0.05, 0.1) is 11.7 Å². The first-order valence-electron chi connectivity index (χ1n) is 10.4. The molecule has 4 aromatic rings. The van der Waals surface area contributed by atoms with Crippen molar-refractivity contribution in [3.05, 3.63) is 78.4 Å². The van der Waals surface area contributed by atoms with Crippen molar-refractivity contribution in [2.24, 2.45) is 12.5 Å². The number of para-hydroxylation sites is 1. The molecule has 160 valence electrons. The highest BCUT2D eigenvalue weighted by atomic mass is 16.4. The Morgan fingerprint density at radius 2 is 1.77 bits per heavy atom. The van der Waals surface area contributed by atoms with Crippen LogP contribution >= 0.6 is 0 Å². The van der Waals surface area contributed by atoms with Gasteiger partial charge in [-0.1, -0.05) is 69.3 Å². The fourth-order valence-electron chi connectivity index (χ4n) is 4.44. The molecule has 1 amide bonds. The van der Waals surface area contributed by atoms with E-state index in [-0.39, 0.29) is 11.3 Å². The number of fused-ring (bicyclic) bond motifs is 1. The SMILES string of the molecule is Cn1cc(-c2ccccc2)nc1[C@H](NC(=O)O)C(c1c[nH]c2ccccc12)C(C)(C)C. The number of hydrogen-bond acceptors (Lipinski definition) is 2. The third-order valence-corrected chi connectivity index (χ3v) is 5.76. The monoisotopic (exact) mass is 416 g/mol. The molecule has 6 nitrogen and oxygen atoms in total. The molecule has 2 aromatic carbocycles. The van der Waals surface area contributed by atoms with Gasteiger partial charge in [0.2, 0.25) is 0 Å². The van der Waals surface area contributed by atoms with Crippen molar-refractivity contribution in [2.45, 2.75) is 32.7 Å². The van der Waals surface area contributed by atoms with E-state index < -0.39 is 12.1 Å². The van der Waals surface area contributed by atoms with Gasteiger partial charge in [-0.25, -0.2) is 9.78 Å². The van der Waals surface area contributed by atoms with E-state index in [4.69, 9.17) is 4.98 Å². The topological polar surface area (TPSA) is 82.9 Å². The van der Waals surface area contributed by atoms with Gasteiger partial charge in [0.25, 0.3) is 0 Å². The van der Waals surface area contributed by atoms with E-state index in [1.54, 1.807) is 0 Å². The van der Waals surface area contributed by atoms with Crippen LogP contribution in [0.5, 0.6) is 0 Å². The van der Waals surface area contributed by atoms with Crippen LogP contribution in [0.1, 0.15) is 44.1 Å². The number of aromatic amines is 1. The maximum Gasteiger partial charge on any atom is 0.405 e. The number of aryl methyl sites for hydroxylation is 1. The molecule has 0 bridgehead atoms. The molecule has 2 atom stereocenters. The molecule has 0 saturated carbocycles. The van der Waals surface area contributed by atoms with Gasteiger partial charge >= 0.3 is 6.09 Å². The minimum atomic E-state index is -1.07. The third-order valence-electron chi connectivity index (χ3n) is 5.76. The van der Waals surface area contributed by atoms with Crippen LogP contribution in [-0.2, 0) is 7.05 Å². The zero-order chi connectivity index (χ0) is 22.2. The van der Waals surface area contributed by atoms with Crippen molar-refractivity contribution < 1.29 is 9.90 Å². The lowest BCUT2D eigenvalue weighted by molar-refractivity contribution is 0.176. The summed E-state index contributed by atoms with van der Waals surface area (Å²) in [5, 5.41) is 13.6. The second-order valence-corrected chi connectivity index (χ2v) is 9.02. The van der Waals surface area contributed by atoms with E-state index in [0.29, 0.717) is 5.82 Å². The Labute approximate surface area is 182 Å². The van der Waals surface area contributed by atoms with Crippen LogP contribution < -0.4 is 5.32 Å². The minimum absolute atomic E-state index is 0.149. The predicted octanol–water partition coefficient (Wildman–Crippen LogP) is 5.71. The predicted molar refractivity (Wildman–Crippen MR) is 123 cm³/mol. The Hall–Kier alpha value is -3.54. The zero-order valence-corrected chi connectivity index (χ0v) is 18.3. The molecule has 2 aromatic heterocycles. The molecule has 0 aliphatic heterocycles. The van der Waals surface area contributed by atoms with E-state index in [1.165, 1.54) is 0 Å². The first-order chi connectivity index (χ1) is 14.8. The fourth-order valence-corrected chi connectivity index (χ4v) is 4.44. The van der Waals surface area contributed by atoms with Gasteiger partial charge in [-0.2, -0.15) is 0 Å². The molecule has 0 fully saturated rings. The molecule has 3 N–H and O–H groups in total. The van der Waals surface area contributed by atoms with Crippen LogP contribution in [0.3, 0.4) is 0 Å². The zero-order valence-electron chi connectivity index (χ0n) is 18.3. The van der Waals surface area contributed by atoms with Crippen LogP contribution in [0.25, 0.3) is 22.2 Å². The number of nitrogens with one attached hydrogen (secondary N) is 2. The summed E-state index contributed by atoms with van der Waals surface area (Å²) < 4.78 is 1.93. The van der Waals surface area contributed by atoms with Crippen LogP contribution in [0, 0.1) is 5.41 Å². The average Bonchev–Trinajstić information content (AvgIpc) is 3.31. The van der Waals surface area contributed by atoms with Gasteiger partial charge in [0.1, 0.15) is 5.82 Å². The van der Waals surface area contributed by atoms with Crippen molar-refractivity contribution in [3.63, 3.8) is 0 Å². The number of aromatic nitrogens is 3. The van der Waals surface area contributed by atoms with Crippen LogP contribution in [0.4, 0.5) is 4.79 Å². The Kier molecular flexibility index (Phi) is 5.31. The molecular weight excluding hydrogens is 388 g/mol. The Morgan fingerprint density at radius 3 is 2.45 bits per heavy atom. The number of amides is 1. The molecule has 0 aliphatic carbocycles. The first-order valence-corrected chi connectivity index (χ1v) is 10.4. The lowest BCUT2D eigenvalue weighted by Gasteiger charge is -2.36. The molecule has 0 spiro atoms. The second kappa shape index (κ2) is 7.95. The van der Waals surface area contributed by atoms with Crippen molar-refractivity contribution in [3.8, 4) is 11.3 Å². The Balaban J connectivity index is 1.88. The molecule has 0 saturated heterocycles. The molecule has 4 rings (SSSR count). The number of hydrogen-bond donors (Lipinski definition) is 3. The Morgan fingerprint density at radius 1 is 1.10 bits per heavy atom. The van der Waals surface area contributed by atoms with Crippen molar-refractivity contribution in [2.75, 3.05) is 0 Å². The molecule has 6 heteroatoms. The van der Waals surface area contributed by atoms with Gasteiger partial charge in [0.15, 0.2) is 0 Å². The molecule has 1 unspecified atom stereocenters. The lowest BCUT2D eigenvalue weighted by Crippen LogP contribution is -2.38. The van der Waals surface area contributed by atoms with Crippen molar-refractivity contribution in [1.29, 1.82) is 0 Å². The highest BCUT2D eigenvalue weighted by Gasteiger charge is 2.39. The van der Waals surface area contributed by atoms with Gasteiger partial charge in [-0.05, 0) is 17.0 Å². The van der Waals surface area contributed by atoms with E-state index >= 15 is 0 Å². The number of carboxylic acid groups (broad SMARTS) is 1. The first kappa shape index (κ1) is 20.7. The van der Waals surface area contributed by atoms with Gasteiger partial charge in [-0.15, -0.1) is 0 Å². The van der Waals surface area contributed by atoms with E-state index in [2.05, 4.69) is 37.1 Å². The largest absolute Gasteiger partial charge is 0.465 e. The second-order valence-electron chi connectivity index (χ2n) is 9.02. The summed E-state index contributed by atoms with van der Waals surface area (Å²) in [6.07, 6.45) is 2.89. The molecule has 2 heterocycles. The highest BCUT2D eigenvalue weighted by Crippen LogP contribution is 2.46. The van der Waals surface area contributed by atoms with E-state index in [9.17, 15) is 9.90 Å². The summed E-state index contributed by atoms with van der Waals surface area (Å²) in [5.41, 5.74) is 3.69. The lowest BCUT2D eigenvalue weighted by atomic mass is 9.72. The van der Waals surface area contributed by atoms with Gasteiger partial charge in [0, 0.05) is 41.8 Å². The van der Waals surface area contributed by atoms with Crippen LogP contribution in [-0.4, -0.2) is 25.7 Å². The standard InChI is InChI=1S/C25H28N4O2/c1-25(2,3)21(18-14-26-19-13-9-8-12-17(18)19)22(28-24(30)31)23-27-20(15-29(23)4)16-10-6-5-7-11-16/h5-15,21-22,26,28H,1-4H3,(H,30,31)/t21?,22-/m1/s1. The number of rotatable bonds is 5. The molecule has 31 heavy (non-hydrogen) atoms. The summed E-state index contributed by atoms with van der Waals surface area (Å²) in [5.74, 6) is 0.538. The Bertz CT molecular complexity index is 1200. The minimum Gasteiger partial charge on any atom is -0.465 e. The van der Waals surface area contributed by atoms with Gasteiger partial charge in [-0.3, -0.25) is 0 Å². The maximum absolute atomic E-state index is 11.9. The van der Waals surface area contributed by atoms with Gasteiger partial charge < -0.3 is 20.0 Å². The average molecular weight is 417 g/mol. The number of carbonyl (C=O) groups is 1. The third kappa shape index (κ3) is 4.06. The van der Waals surface area contributed by atoms with Crippen LogP contribution in [0.2, 0.25) is 0 Å². The van der Waals surface area contributed by atoms with Crippen molar-refractivity contribution in [1.82, 2.24) is 19.9 Å². The van der Waals surface area contributed by atoms with E-state index in [1.807, 2.05) is 72.5 Å². The molecule has 0 aliphatic rings. The maximum atomic E-state index is 11.9. The highest BCUT2D eigenvalue weighted by molar-refractivity contribution is 5.84.